The highest BCUT2D eigenvalue weighted by Crippen LogP contribution is 2.24. The van der Waals surface area contributed by atoms with Crippen LogP contribution in [0.5, 0.6) is 0 Å². The van der Waals surface area contributed by atoms with E-state index in [9.17, 15) is 5.11 Å². The van der Waals surface area contributed by atoms with Crippen LogP contribution < -0.4 is 0 Å². The van der Waals surface area contributed by atoms with E-state index in [0.717, 1.165) is 37.1 Å². The minimum Gasteiger partial charge on any atom is -0.382 e. The van der Waals surface area contributed by atoms with Gasteiger partial charge in [0.1, 0.15) is 10.7 Å². The zero-order valence-corrected chi connectivity index (χ0v) is 14.5. The summed E-state index contributed by atoms with van der Waals surface area (Å²) in [7, 11) is 0. The lowest BCUT2D eigenvalue weighted by atomic mass is 10.1. The van der Waals surface area contributed by atoms with Crippen molar-refractivity contribution in [2.75, 3.05) is 13.2 Å². The molecule has 1 aliphatic heterocycles. The van der Waals surface area contributed by atoms with E-state index >= 15 is 0 Å². The first kappa shape index (κ1) is 16.6. The monoisotopic (exact) mass is 380 g/mol. The van der Waals surface area contributed by atoms with Gasteiger partial charge in [-0.1, -0.05) is 30.3 Å². The molecule has 0 bridgehead atoms. The molecule has 0 amide bonds. The summed E-state index contributed by atoms with van der Waals surface area (Å²) in [5, 5.41) is 15.0. The lowest BCUT2D eigenvalue weighted by Gasteiger charge is -2.23. The maximum Gasteiger partial charge on any atom is 0.157 e. The Kier molecular flexibility index (Phi) is 5.83. The van der Waals surface area contributed by atoms with Crippen LogP contribution in [0.1, 0.15) is 36.6 Å². The highest BCUT2D eigenvalue weighted by Gasteiger charge is 2.18. The molecule has 2 unspecified atom stereocenters. The SMILES string of the molecule is OC(c1ccccc1)c1cc(Br)nn1CCOC1CCCCO1. The van der Waals surface area contributed by atoms with Gasteiger partial charge in [-0.05, 0) is 46.8 Å². The third-order valence-electron chi connectivity index (χ3n) is 3.92. The third kappa shape index (κ3) is 4.41. The minimum atomic E-state index is -0.707. The standard InChI is InChI=1S/C17H21BrN2O3/c18-15-12-14(17(21)13-6-2-1-3-7-13)20(19-15)9-11-23-16-8-4-5-10-22-16/h1-3,6-7,12,16-17,21H,4-5,8-11H2. The number of rotatable bonds is 6. The number of aliphatic hydroxyl groups is 1. The Labute approximate surface area is 144 Å². The summed E-state index contributed by atoms with van der Waals surface area (Å²) in [4.78, 5) is 0. The zero-order chi connectivity index (χ0) is 16.1. The zero-order valence-electron chi connectivity index (χ0n) is 12.9. The van der Waals surface area contributed by atoms with Gasteiger partial charge in [0.15, 0.2) is 6.29 Å². The lowest BCUT2D eigenvalue weighted by Crippen LogP contribution is -2.24. The van der Waals surface area contributed by atoms with Crippen molar-refractivity contribution in [1.82, 2.24) is 9.78 Å². The van der Waals surface area contributed by atoms with Crippen LogP contribution in [-0.4, -0.2) is 34.4 Å². The fourth-order valence-corrected chi connectivity index (χ4v) is 3.14. The molecule has 0 aliphatic carbocycles. The maximum absolute atomic E-state index is 10.6. The number of ether oxygens (including phenoxy) is 2. The fraction of sp³-hybridized carbons (Fsp3) is 0.471. The molecule has 5 nitrogen and oxygen atoms in total. The summed E-state index contributed by atoms with van der Waals surface area (Å²) < 4.78 is 13.8. The van der Waals surface area contributed by atoms with Crippen molar-refractivity contribution >= 4 is 15.9 Å². The molecule has 6 heteroatoms. The summed E-state index contributed by atoms with van der Waals surface area (Å²) in [6.45, 7) is 1.86. The van der Waals surface area contributed by atoms with Gasteiger partial charge in [0, 0.05) is 6.61 Å². The molecule has 23 heavy (non-hydrogen) atoms. The molecule has 2 aromatic rings. The molecule has 1 aliphatic rings. The van der Waals surface area contributed by atoms with E-state index in [1.165, 1.54) is 0 Å². The van der Waals surface area contributed by atoms with Crippen molar-refractivity contribution in [3.8, 4) is 0 Å². The number of aromatic nitrogens is 2. The molecule has 1 N–H and O–H groups in total. The average molecular weight is 381 g/mol. The Hall–Kier alpha value is -1.21. The first-order valence-corrected chi connectivity index (χ1v) is 8.73. The Bertz CT molecular complexity index is 612. The van der Waals surface area contributed by atoms with Gasteiger partial charge in [0.2, 0.25) is 0 Å². The number of hydrogen-bond donors (Lipinski definition) is 1. The quantitative estimate of drug-likeness (QED) is 0.835. The van der Waals surface area contributed by atoms with Crippen molar-refractivity contribution in [2.24, 2.45) is 0 Å². The van der Waals surface area contributed by atoms with E-state index in [1.807, 2.05) is 36.4 Å². The lowest BCUT2D eigenvalue weighted by molar-refractivity contribution is -0.163. The highest BCUT2D eigenvalue weighted by molar-refractivity contribution is 9.10. The molecule has 3 rings (SSSR count). The summed E-state index contributed by atoms with van der Waals surface area (Å²) in [6, 6.07) is 11.4. The van der Waals surface area contributed by atoms with E-state index < -0.39 is 6.10 Å². The predicted molar refractivity (Wildman–Crippen MR) is 90.0 cm³/mol. The molecule has 1 fully saturated rings. The summed E-state index contributed by atoms with van der Waals surface area (Å²) in [6.07, 6.45) is 2.39. The van der Waals surface area contributed by atoms with Crippen LogP contribution in [-0.2, 0) is 16.0 Å². The van der Waals surface area contributed by atoms with Gasteiger partial charge in [-0.25, -0.2) is 0 Å². The first-order chi connectivity index (χ1) is 11.2. The Morgan fingerprint density at radius 2 is 2.17 bits per heavy atom. The molecule has 2 heterocycles. The molecule has 0 saturated carbocycles. The normalized spacial score (nSPS) is 19.7. The van der Waals surface area contributed by atoms with Gasteiger partial charge in [-0.2, -0.15) is 5.10 Å². The van der Waals surface area contributed by atoms with E-state index in [2.05, 4.69) is 21.0 Å². The van der Waals surface area contributed by atoms with Crippen molar-refractivity contribution in [3.05, 3.63) is 52.3 Å². The van der Waals surface area contributed by atoms with Crippen molar-refractivity contribution < 1.29 is 14.6 Å². The Morgan fingerprint density at radius 1 is 1.35 bits per heavy atom. The number of benzene rings is 1. The van der Waals surface area contributed by atoms with Crippen LogP contribution >= 0.6 is 15.9 Å². The van der Waals surface area contributed by atoms with Gasteiger partial charge in [0.25, 0.3) is 0 Å². The van der Waals surface area contributed by atoms with Crippen molar-refractivity contribution in [2.45, 2.75) is 38.2 Å². The predicted octanol–water partition coefficient (Wildman–Crippen LogP) is 3.27. The van der Waals surface area contributed by atoms with Gasteiger partial charge < -0.3 is 14.6 Å². The van der Waals surface area contributed by atoms with Gasteiger partial charge in [-0.15, -0.1) is 0 Å². The van der Waals surface area contributed by atoms with Crippen LogP contribution in [0.4, 0.5) is 0 Å². The Morgan fingerprint density at radius 3 is 2.91 bits per heavy atom. The summed E-state index contributed by atoms with van der Waals surface area (Å²) >= 11 is 3.38. The van der Waals surface area contributed by atoms with E-state index in [-0.39, 0.29) is 6.29 Å². The third-order valence-corrected chi connectivity index (χ3v) is 4.31. The van der Waals surface area contributed by atoms with Crippen LogP contribution in [0, 0.1) is 0 Å². The van der Waals surface area contributed by atoms with Crippen LogP contribution in [0.25, 0.3) is 0 Å². The molecule has 1 saturated heterocycles. The number of halogens is 1. The average Bonchev–Trinajstić information content (AvgIpc) is 2.97. The number of hydrogen-bond acceptors (Lipinski definition) is 4. The molecule has 124 valence electrons. The molecular formula is C17H21BrN2O3. The molecular weight excluding hydrogens is 360 g/mol. The molecule has 0 radical (unpaired) electrons. The smallest absolute Gasteiger partial charge is 0.157 e. The van der Waals surface area contributed by atoms with E-state index in [0.29, 0.717) is 17.8 Å². The van der Waals surface area contributed by atoms with E-state index in [4.69, 9.17) is 9.47 Å². The molecule has 1 aromatic carbocycles. The van der Waals surface area contributed by atoms with Crippen LogP contribution in [0.3, 0.4) is 0 Å². The number of nitrogens with zero attached hydrogens (tertiary/aromatic N) is 2. The minimum absolute atomic E-state index is 0.106. The second kappa shape index (κ2) is 8.06. The van der Waals surface area contributed by atoms with Gasteiger partial charge >= 0.3 is 0 Å². The van der Waals surface area contributed by atoms with Gasteiger partial charge in [-0.3, -0.25) is 4.68 Å². The second-order valence-electron chi connectivity index (χ2n) is 5.60. The highest BCUT2D eigenvalue weighted by atomic mass is 79.9. The molecule has 2 atom stereocenters. The fourth-order valence-electron chi connectivity index (χ4n) is 2.72. The van der Waals surface area contributed by atoms with Gasteiger partial charge in [0.05, 0.1) is 18.8 Å². The molecule has 1 aromatic heterocycles. The van der Waals surface area contributed by atoms with Crippen LogP contribution in [0.15, 0.2) is 41.0 Å². The van der Waals surface area contributed by atoms with E-state index in [1.54, 1.807) is 4.68 Å². The second-order valence-corrected chi connectivity index (χ2v) is 6.41. The Balaban J connectivity index is 1.63. The van der Waals surface area contributed by atoms with Crippen molar-refractivity contribution in [1.29, 1.82) is 0 Å². The van der Waals surface area contributed by atoms with Crippen molar-refractivity contribution in [3.63, 3.8) is 0 Å². The molecule has 0 spiro atoms. The topological polar surface area (TPSA) is 56.5 Å². The summed E-state index contributed by atoms with van der Waals surface area (Å²) in [5.41, 5.74) is 1.59. The summed E-state index contributed by atoms with van der Waals surface area (Å²) in [5.74, 6) is 0. The number of aliphatic hydroxyl groups excluding tert-OH is 1. The maximum atomic E-state index is 10.6. The largest absolute Gasteiger partial charge is 0.382 e. The first-order valence-electron chi connectivity index (χ1n) is 7.93. The van der Waals surface area contributed by atoms with Crippen LogP contribution in [0.2, 0.25) is 0 Å².